The van der Waals surface area contributed by atoms with Crippen molar-refractivity contribution in [1.29, 1.82) is 0 Å². The van der Waals surface area contributed by atoms with Gasteiger partial charge in [-0.3, -0.25) is 9.78 Å². The molecule has 1 amide bonds. The van der Waals surface area contributed by atoms with E-state index in [9.17, 15) is 13.2 Å². The molecule has 2 heterocycles. The number of carbonyl (C=O) groups excluding carboxylic acids is 1. The number of aromatic nitrogens is 1. The SMILES string of the molecule is NC(=O)C1=Cc2c(Cc3cccnc3)cccc2S1(=O)=O. The Morgan fingerprint density at radius 1 is 1.19 bits per heavy atom. The van der Waals surface area contributed by atoms with Crippen LogP contribution in [0.3, 0.4) is 0 Å². The van der Waals surface area contributed by atoms with Crippen LogP contribution in [0.15, 0.2) is 52.5 Å². The Morgan fingerprint density at radius 3 is 2.67 bits per heavy atom. The quantitative estimate of drug-likeness (QED) is 0.924. The molecule has 106 valence electrons. The summed E-state index contributed by atoms with van der Waals surface area (Å²) in [4.78, 5) is 15.1. The highest BCUT2D eigenvalue weighted by Gasteiger charge is 2.34. The number of primary amides is 1. The lowest BCUT2D eigenvalue weighted by atomic mass is 10.0. The molecule has 0 spiro atoms. The molecule has 2 aromatic rings. The monoisotopic (exact) mass is 300 g/mol. The number of benzene rings is 1. The van der Waals surface area contributed by atoms with Crippen molar-refractivity contribution in [2.75, 3.05) is 0 Å². The number of hydrogen-bond donors (Lipinski definition) is 1. The Balaban J connectivity index is 2.12. The van der Waals surface area contributed by atoms with Crippen LogP contribution in [0.25, 0.3) is 6.08 Å². The molecular weight excluding hydrogens is 288 g/mol. The lowest BCUT2D eigenvalue weighted by molar-refractivity contribution is -0.113. The number of nitrogens with two attached hydrogens (primary N) is 1. The smallest absolute Gasteiger partial charge is 0.260 e. The molecule has 0 bridgehead atoms. The first-order chi connectivity index (χ1) is 10.00. The van der Waals surface area contributed by atoms with Crippen LogP contribution in [-0.2, 0) is 21.1 Å². The normalized spacial score (nSPS) is 15.3. The van der Waals surface area contributed by atoms with Crippen molar-refractivity contribution in [3.05, 3.63) is 64.3 Å². The second-order valence-corrected chi connectivity index (χ2v) is 6.63. The highest BCUT2D eigenvalue weighted by molar-refractivity contribution is 7.96. The maximum absolute atomic E-state index is 12.2. The van der Waals surface area contributed by atoms with Crippen molar-refractivity contribution in [1.82, 2.24) is 4.98 Å². The predicted octanol–water partition coefficient (Wildman–Crippen LogP) is 1.29. The Hall–Kier alpha value is -2.47. The van der Waals surface area contributed by atoms with E-state index in [1.165, 1.54) is 12.1 Å². The number of sulfone groups is 1. The fourth-order valence-electron chi connectivity index (χ4n) is 2.40. The van der Waals surface area contributed by atoms with E-state index in [0.29, 0.717) is 12.0 Å². The first-order valence-electron chi connectivity index (χ1n) is 6.27. The molecule has 21 heavy (non-hydrogen) atoms. The minimum Gasteiger partial charge on any atom is -0.365 e. The van der Waals surface area contributed by atoms with E-state index in [1.807, 2.05) is 18.2 Å². The molecule has 1 aromatic carbocycles. The second-order valence-electron chi connectivity index (χ2n) is 4.74. The summed E-state index contributed by atoms with van der Waals surface area (Å²) in [5.74, 6) is -0.932. The molecule has 5 nitrogen and oxygen atoms in total. The van der Waals surface area contributed by atoms with Gasteiger partial charge in [0, 0.05) is 12.4 Å². The van der Waals surface area contributed by atoms with Crippen LogP contribution in [0, 0.1) is 0 Å². The molecule has 6 heteroatoms. The molecule has 1 aromatic heterocycles. The highest BCUT2D eigenvalue weighted by Crippen LogP contribution is 2.35. The fourth-order valence-corrected chi connectivity index (χ4v) is 3.91. The first kappa shape index (κ1) is 13.5. The number of pyridine rings is 1. The zero-order valence-corrected chi connectivity index (χ0v) is 11.8. The molecule has 0 radical (unpaired) electrons. The van der Waals surface area contributed by atoms with Gasteiger partial charge in [-0.25, -0.2) is 8.42 Å². The lowest BCUT2D eigenvalue weighted by Gasteiger charge is -2.06. The Morgan fingerprint density at radius 2 is 2.00 bits per heavy atom. The summed E-state index contributed by atoms with van der Waals surface area (Å²) in [5.41, 5.74) is 7.48. The fraction of sp³-hybridized carbons (Fsp3) is 0.0667. The van der Waals surface area contributed by atoms with E-state index in [-0.39, 0.29) is 9.80 Å². The van der Waals surface area contributed by atoms with Gasteiger partial charge in [0.2, 0.25) is 9.84 Å². The lowest BCUT2D eigenvalue weighted by Crippen LogP contribution is -2.18. The highest BCUT2D eigenvalue weighted by atomic mass is 32.2. The summed E-state index contributed by atoms with van der Waals surface area (Å²) in [6, 6.07) is 8.72. The largest absolute Gasteiger partial charge is 0.365 e. The molecule has 0 saturated carbocycles. The minimum absolute atomic E-state index is 0.137. The molecule has 0 saturated heterocycles. The Bertz CT molecular complexity index is 856. The number of amides is 1. The van der Waals surface area contributed by atoms with Gasteiger partial charge in [-0.05, 0) is 41.3 Å². The number of nitrogens with zero attached hydrogens (tertiary/aromatic N) is 1. The van der Waals surface area contributed by atoms with Gasteiger partial charge >= 0.3 is 0 Å². The van der Waals surface area contributed by atoms with E-state index in [4.69, 9.17) is 5.73 Å². The third-order valence-corrected chi connectivity index (χ3v) is 5.20. The molecular formula is C15H12N2O3S. The molecule has 1 aliphatic heterocycles. The Labute approximate surface area is 122 Å². The summed E-state index contributed by atoms with van der Waals surface area (Å²) >= 11 is 0. The number of hydrogen-bond acceptors (Lipinski definition) is 4. The van der Waals surface area contributed by atoms with Gasteiger partial charge in [-0.15, -0.1) is 0 Å². The average molecular weight is 300 g/mol. The topological polar surface area (TPSA) is 90.1 Å². The van der Waals surface area contributed by atoms with Gasteiger partial charge in [0.05, 0.1) is 4.90 Å². The third-order valence-electron chi connectivity index (χ3n) is 3.37. The third kappa shape index (κ3) is 2.23. The van der Waals surface area contributed by atoms with Crippen molar-refractivity contribution in [3.63, 3.8) is 0 Å². The standard InChI is InChI=1S/C15H12N2O3S/c16-15(18)14-8-12-11(7-10-3-2-6-17-9-10)4-1-5-13(12)21(14,19)20/h1-6,8-9H,7H2,(H2,16,18). The summed E-state index contributed by atoms with van der Waals surface area (Å²) in [5, 5.41) is 0. The van der Waals surface area contributed by atoms with Crippen molar-refractivity contribution in [2.24, 2.45) is 5.73 Å². The van der Waals surface area contributed by atoms with Gasteiger partial charge in [-0.1, -0.05) is 18.2 Å². The first-order valence-corrected chi connectivity index (χ1v) is 7.76. The van der Waals surface area contributed by atoms with Crippen molar-refractivity contribution in [3.8, 4) is 0 Å². The van der Waals surface area contributed by atoms with Crippen LogP contribution in [0.4, 0.5) is 0 Å². The minimum atomic E-state index is -3.79. The van der Waals surface area contributed by atoms with E-state index in [2.05, 4.69) is 4.98 Å². The maximum atomic E-state index is 12.2. The van der Waals surface area contributed by atoms with Gasteiger partial charge < -0.3 is 5.73 Å². The van der Waals surface area contributed by atoms with Crippen LogP contribution in [0.5, 0.6) is 0 Å². The molecule has 2 N–H and O–H groups in total. The number of fused-ring (bicyclic) bond motifs is 1. The van der Waals surface area contributed by atoms with Crippen LogP contribution >= 0.6 is 0 Å². The van der Waals surface area contributed by atoms with E-state index in [1.54, 1.807) is 18.5 Å². The Kier molecular flexibility index (Phi) is 3.10. The van der Waals surface area contributed by atoms with Crippen molar-refractivity contribution >= 4 is 21.8 Å². The predicted molar refractivity (Wildman–Crippen MR) is 77.8 cm³/mol. The van der Waals surface area contributed by atoms with E-state index in [0.717, 1.165) is 11.1 Å². The maximum Gasteiger partial charge on any atom is 0.260 e. The zero-order chi connectivity index (χ0) is 15.0. The molecule has 3 rings (SSSR count). The average Bonchev–Trinajstić information content (AvgIpc) is 2.73. The van der Waals surface area contributed by atoms with Gasteiger partial charge in [0.1, 0.15) is 4.91 Å². The van der Waals surface area contributed by atoms with Gasteiger partial charge in [0.15, 0.2) is 0 Å². The summed E-state index contributed by atoms with van der Waals surface area (Å²) < 4.78 is 24.5. The second kappa shape index (κ2) is 4.82. The van der Waals surface area contributed by atoms with Crippen LogP contribution in [-0.4, -0.2) is 19.3 Å². The molecule has 0 aliphatic carbocycles. The number of rotatable bonds is 3. The van der Waals surface area contributed by atoms with Gasteiger partial charge in [-0.2, -0.15) is 0 Å². The van der Waals surface area contributed by atoms with Crippen molar-refractivity contribution < 1.29 is 13.2 Å². The number of carbonyl (C=O) groups is 1. The summed E-state index contributed by atoms with van der Waals surface area (Å²) in [6.45, 7) is 0. The molecule has 0 fully saturated rings. The van der Waals surface area contributed by atoms with Crippen molar-refractivity contribution in [2.45, 2.75) is 11.3 Å². The van der Waals surface area contributed by atoms with Crippen LogP contribution in [0.1, 0.15) is 16.7 Å². The van der Waals surface area contributed by atoms with Crippen LogP contribution < -0.4 is 5.73 Å². The molecule has 1 aliphatic rings. The molecule has 0 atom stereocenters. The summed E-state index contributed by atoms with van der Waals surface area (Å²) in [6.07, 6.45) is 5.30. The molecule has 0 unspecified atom stereocenters. The van der Waals surface area contributed by atoms with Crippen LogP contribution in [0.2, 0.25) is 0 Å². The summed E-state index contributed by atoms with van der Waals surface area (Å²) in [7, 11) is -3.79. The van der Waals surface area contributed by atoms with E-state index >= 15 is 0 Å². The zero-order valence-electron chi connectivity index (χ0n) is 11.0. The van der Waals surface area contributed by atoms with E-state index < -0.39 is 15.7 Å². The van der Waals surface area contributed by atoms with Gasteiger partial charge in [0.25, 0.3) is 5.91 Å².